The number of carboxylic acid groups (broad SMARTS) is 1. The molecule has 1 aliphatic carbocycles. The first-order valence-electron chi connectivity index (χ1n) is 10.2. The Morgan fingerprint density at radius 3 is 2.88 bits per heavy atom. The molecule has 9 nitrogen and oxygen atoms in total. The van der Waals surface area contributed by atoms with Crippen molar-refractivity contribution >= 4 is 28.5 Å². The Kier molecular flexibility index (Phi) is 4.83. The Morgan fingerprint density at radius 2 is 2.16 bits per heavy atom. The van der Waals surface area contributed by atoms with Crippen LogP contribution in [-0.2, 0) is 4.79 Å². The van der Waals surface area contributed by atoms with Crippen LogP contribution >= 0.6 is 11.3 Å². The zero-order chi connectivity index (χ0) is 22.4. The number of aliphatic carboxylic acids is 1. The first-order valence-corrected chi connectivity index (χ1v) is 11.0. The third-order valence-corrected chi connectivity index (χ3v) is 6.42. The Morgan fingerprint density at radius 1 is 1.31 bits per heavy atom. The highest BCUT2D eigenvalue weighted by molar-refractivity contribution is 7.14. The highest BCUT2D eigenvalue weighted by Gasteiger charge is 2.46. The molecule has 2 atom stereocenters. The van der Waals surface area contributed by atoms with Gasteiger partial charge in [-0.1, -0.05) is 11.3 Å². The molecule has 160 valence electrons. The van der Waals surface area contributed by atoms with Crippen LogP contribution in [0.4, 0.5) is 5.69 Å². The van der Waals surface area contributed by atoms with Crippen LogP contribution < -0.4 is 5.32 Å². The van der Waals surface area contributed by atoms with Gasteiger partial charge >= 0.3 is 5.97 Å². The summed E-state index contributed by atoms with van der Waals surface area (Å²) in [7, 11) is 0. The number of carbonyl (C=O) groups is 1. The van der Waals surface area contributed by atoms with Crippen molar-refractivity contribution in [1.29, 1.82) is 5.26 Å². The lowest BCUT2D eigenvalue weighted by molar-refractivity contribution is -0.138. The largest absolute Gasteiger partial charge is 0.481 e. The maximum absolute atomic E-state index is 11.2. The average Bonchev–Trinajstić information content (AvgIpc) is 3.24. The van der Waals surface area contributed by atoms with E-state index in [2.05, 4.69) is 45.5 Å². The summed E-state index contributed by atoms with van der Waals surface area (Å²) in [5, 5.41) is 36.1. The molecule has 4 heterocycles. The zero-order valence-corrected chi connectivity index (χ0v) is 18.2. The molecule has 5 rings (SSSR count). The maximum Gasteiger partial charge on any atom is 0.307 e. The van der Waals surface area contributed by atoms with Crippen molar-refractivity contribution in [3.05, 3.63) is 47.2 Å². The standard InChI is InChI=1S/C22H19N7O2S/c1-11(2)26-17-7-18(19-4-3-13-5-12(8-23)9-25-29(13)19)24-10-16(17)21-28-27-20(32-21)14-6-15(14)22(30)31/h3-5,7,9-11,14-15H,6H2,1-2H3,(H,24,26)(H,30,31). The molecule has 32 heavy (non-hydrogen) atoms. The highest BCUT2D eigenvalue weighted by atomic mass is 32.1. The Bertz CT molecular complexity index is 1380. The summed E-state index contributed by atoms with van der Waals surface area (Å²) in [5.41, 5.74) is 4.53. The summed E-state index contributed by atoms with van der Waals surface area (Å²) in [6.45, 7) is 4.10. The van der Waals surface area contributed by atoms with Gasteiger partial charge in [-0.05, 0) is 44.5 Å². The second-order valence-electron chi connectivity index (χ2n) is 8.06. The number of aromatic nitrogens is 5. The monoisotopic (exact) mass is 445 g/mol. The summed E-state index contributed by atoms with van der Waals surface area (Å²) in [6.07, 6.45) is 3.90. The first-order chi connectivity index (χ1) is 15.4. The first kappa shape index (κ1) is 20.1. The molecule has 0 spiro atoms. The van der Waals surface area contributed by atoms with Gasteiger partial charge in [0, 0.05) is 23.8 Å². The maximum atomic E-state index is 11.2. The average molecular weight is 446 g/mol. The third kappa shape index (κ3) is 3.56. The quantitative estimate of drug-likeness (QED) is 0.458. The number of nitrogens with zero attached hydrogens (tertiary/aromatic N) is 6. The van der Waals surface area contributed by atoms with Gasteiger partial charge in [-0.3, -0.25) is 9.78 Å². The van der Waals surface area contributed by atoms with Crippen molar-refractivity contribution in [2.45, 2.75) is 32.2 Å². The molecule has 2 N–H and O–H groups in total. The minimum absolute atomic E-state index is 0.0519. The van der Waals surface area contributed by atoms with Crippen molar-refractivity contribution in [2.75, 3.05) is 5.32 Å². The Balaban J connectivity index is 1.53. The molecule has 2 unspecified atom stereocenters. The lowest BCUT2D eigenvalue weighted by atomic mass is 10.1. The fourth-order valence-corrected chi connectivity index (χ4v) is 4.73. The second-order valence-corrected chi connectivity index (χ2v) is 9.07. The van der Waals surface area contributed by atoms with Crippen LogP contribution in [0.3, 0.4) is 0 Å². The SMILES string of the molecule is CC(C)Nc1cc(-c2ccc3cc(C#N)cnn23)ncc1-c1nnc(C2CC2C(=O)O)s1. The molecule has 10 heteroatoms. The van der Waals surface area contributed by atoms with Crippen LogP contribution in [0.15, 0.2) is 36.7 Å². The van der Waals surface area contributed by atoms with E-state index in [0.717, 1.165) is 33.2 Å². The van der Waals surface area contributed by atoms with Crippen molar-refractivity contribution in [3.8, 4) is 28.0 Å². The van der Waals surface area contributed by atoms with E-state index in [4.69, 9.17) is 5.26 Å². The summed E-state index contributed by atoms with van der Waals surface area (Å²) in [5.74, 6) is -1.19. The minimum Gasteiger partial charge on any atom is -0.481 e. The fraction of sp³-hybridized carbons (Fsp3) is 0.273. The van der Waals surface area contributed by atoms with Gasteiger partial charge in [0.1, 0.15) is 11.1 Å². The van der Waals surface area contributed by atoms with Crippen molar-refractivity contribution in [1.82, 2.24) is 24.8 Å². The molecule has 0 aliphatic heterocycles. The number of anilines is 1. The number of hydrogen-bond donors (Lipinski definition) is 2. The molecular weight excluding hydrogens is 426 g/mol. The van der Waals surface area contributed by atoms with E-state index >= 15 is 0 Å². The second kappa shape index (κ2) is 7.69. The van der Waals surface area contributed by atoms with Crippen LogP contribution in [-0.4, -0.2) is 41.9 Å². The Labute approximate surface area is 187 Å². The van der Waals surface area contributed by atoms with Crippen molar-refractivity contribution in [3.63, 3.8) is 0 Å². The zero-order valence-electron chi connectivity index (χ0n) is 17.4. The minimum atomic E-state index is -0.783. The smallest absolute Gasteiger partial charge is 0.307 e. The van der Waals surface area contributed by atoms with Crippen LogP contribution in [0.25, 0.3) is 27.5 Å². The molecule has 4 aromatic rings. The van der Waals surface area contributed by atoms with Gasteiger partial charge in [0.25, 0.3) is 0 Å². The molecular formula is C22H19N7O2S. The molecule has 1 aliphatic rings. The van der Waals surface area contributed by atoms with E-state index in [1.165, 1.54) is 17.5 Å². The number of pyridine rings is 1. The van der Waals surface area contributed by atoms with E-state index < -0.39 is 5.97 Å². The number of nitrogens with one attached hydrogen (secondary N) is 1. The number of carboxylic acids is 1. The van der Waals surface area contributed by atoms with E-state index in [0.29, 0.717) is 17.0 Å². The summed E-state index contributed by atoms with van der Waals surface area (Å²) in [6, 6.07) is 9.84. The normalized spacial score (nSPS) is 17.4. The molecule has 1 saturated carbocycles. The van der Waals surface area contributed by atoms with Crippen molar-refractivity contribution < 1.29 is 9.90 Å². The molecule has 1 fully saturated rings. The van der Waals surface area contributed by atoms with E-state index in [9.17, 15) is 9.90 Å². The molecule has 0 saturated heterocycles. The number of hydrogen-bond acceptors (Lipinski definition) is 8. The van der Waals surface area contributed by atoms with E-state index in [1.54, 1.807) is 16.8 Å². The summed E-state index contributed by atoms with van der Waals surface area (Å²) < 4.78 is 1.75. The van der Waals surface area contributed by atoms with Gasteiger partial charge in [0.15, 0.2) is 5.01 Å². The van der Waals surface area contributed by atoms with E-state index in [1.807, 2.05) is 18.2 Å². The van der Waals surface area contributed by atoms with Gasteiger partial charge in [0.05, 0.1) is 40.1 Å². The van der Waals surface area contributed by atoms with Gasteiger partial charge in [-0.15, -0.1) is 10.2 Å². The summed E-state index contributed by atoms with van der Waals surface area (Å²) in [4.78, 5) is 15.8. The molecule has 4 aromatic heterocycles. The predicted molar refractivity (Wildman–Crippen MR) is 119 cm³/mol. The highest BCUT2D eigenvalue weighted by Crippen LogP contribution is 2.49. The number of rotatable bonds is 6. The van der Waals surface area contributed by atoms with Crippen LogP contribution in [0.5, 0.6) is 0 Å². The molecule has 0 aromatic carbocycles. The van der Waals surface area contributed by atoms with E-state index in [-0.39, 0.29) is 17.9 Å². The summed E-state index contributed by atoms with van der Waals surface area (Å²) >= 11 is 1.42. The van der Waals surface area contributed by atoms with Gasteiger partial charge in [-0.25, -0.2) is 4.52 Å². The lowest BCUT2D eigenvalue weighted by Gasteiger charge is -2.14. The van der Waals surface area contributed by atoms with Gasteiger partial charge < -0.3 is 10.4 Å². The third-order valence-electron chi connectivity index (χ3n) is 5.34. The molecule has 0 amide bonds. The molecule has 0 radical (unpaired) electrons. The van der Waals surface area contributed by atoms with Gasteiger partial charge in [0.2, 0.25) is 0 Å². The van der Waals surface area contributed by atoms with Crippen LogP contribution in [0.1, 0.15) is 36.8 Å². The van der Waals surface area contributed by atoms with Gasteiger partial charge in [-0.2, -0.15) is 10.4 Å². The Hall–Kier alpha value is -3.84. The predicted octanol–water partition coefficient (Wildman–Crippen LogP) is 3.79. The van der Waals surface area contributed by atoms with Crippen LogP contribution in [0, 0.1) is 17.2 Å². The number of nitriles is 1. The van der Waals surface area contributed by atoms with Crippen molar-refractivity contribution in [2.24, 2.45) is 5.92 Å². The fourth-order valence-electron chi connectivity index (χ4n) is 3.68. The molecule has 0 bridgehead atoms. The van der Waals surface area contributed by atoms with Crippen LogP contribution in [0.2, 0.25) is 0 Å². The number of fused-ring (bicyclic) bond motifs is 1. The topological polar surface area (TPSA) is 129 Å². The lowest BCUT2D eigenvalue weighted by Crippen LogP contribution is -2.11.